The third-order valence-corrected chi connectivity index (χ3v) is 4.45. The Hall–Kier alpha value is -1.06. The van der Waals surface area contributed by atoms with Crippen molar-refractivity contribution < 1.29 is 9.84 Å². The highest BCUT2D eigenvalue weighted by molar-refractivity contribution is 5.28. The van der Waals surface area contributed by atoms with Gasteiger partial charge in [0.25, 0.3) is 0 Å². The third kappa shape index (κ3) is 5.01. The van der Waals surface area contributed by atoms with Crippen molar-refractivity contribution in [3.05, 3.63) is 29.8 Å². The number of ether oxygens (including phenoxy) is 1. The average Bonchev–Trinajstić information content (AvgIpc) is 2.54. The predicted molar refractivity (Wildman–Crippen MR) is 86.5 cm³/mol. The molecule has 2 N–H and O–H groups in total. The zero-order chi connectivity index (χ0) is 15.0. The molecule has 0 bridgehead atoms. The van der Waals surface area contributed by atoms with Crippen molar-refractivity contribution in [2.75, 3.05) is 19.8 Å². The number of aliphatic hydroxyl groups is 1. The normalized spacial score (nSPS) is 17.6. The van der Waals surface area contributed by atoms with Gasteiger partial charge in [-0.05, 0) is 37.0 Å². The maximum Gasteiger partial charge on any atom is 0.119 e. The van der Waals surface area contributed by atoms with Crippen LogP contribution in [0.25, 0.3) is 0 Å². The van der Waals surface area contributed by atoms with Crippen molar-refractivity contribution in [3.8, 4) is 5.75 Å². The van der Waals surface area contributed by atoms with Crippen LogP contribution in [-0.2, 0) is 6.54 Å². The molecule has 1 saturated carbocycles. The molecule has 0 radical (unpaired) electrons. The van der Waals surface area contributed by atoms with Crippen molar-refractivity contribution in [2.24, 2.45) is 5.41 Å². The second-order valence-corrected chi connectivity index (χ2v) is 6.32. The second-order valence-electron chi connectivity index (χ2n) is 6.32. The summed E-state index contributed by atoms with van der Waals surface area (Å²) in [6.07, 6.45) is 7.15. The van der Waals surface area contributed by atoms with Gasteiger partial charge in [-0.25, -0.2) is 0 Å². The predicted octanol–water partition coefficient (Wildman–Crippen LogP) is 3.51. The van der Waals surface area contributed by atoms with Gasteiger partial charge in [0, 0.05) is 25.1 Å². The van der Waals surface area contributed by atoms with E-state index in [-0.39, 0.29) is 5.41 Å². The van der Waals surface area contributed by atoms with Crippen LogP contribution in [0, 0.1) is 5.41 Å². The Morgan fingerprint density at radius 2 is 2.05 bits per heavy atom. The standard InChI is InChI=1S/C18H29NO2/c1-2-11-21-17-8-6-7-16(12-17)13-19-14-18(15-20)9-4-3-5-10-18/h6-8,12,19-20H,2-5,9-11,13-15H2,1H3. The molecule has 1 fully saturated rings. The van der Waals surface area contributed by atoms with E-state index in [4.69, 9.17) is 4.74 Å². The summed E-state index contributed by atoms with van der Waals surface area (Å²) in [6, 6.07) is 8.29. The molecular formula is C18H29NO2. The topological polar surface area (TPSA) is 41.5 Å². The maximum atomic E-state index is 9.72. The molecular weight excluding hydrogens is 262 g/mol. The molecule has 3 heteroatoms. The largest absolute Gasteiger partial charge is 0.494 e. The highest BCUT2D eigenvalue weighted by Crippen LogP contribution is 2.35. The lowest BCUT2D eigenvalue weighted by atomic mass is 9.74. The Morgan fingerprint density at radius 3 is 2.76 bits per heavy atom. The van der Waals surface area contributed by atoms with Crippen LogP contribution >= 0.6 is 0 Å². The fourth-order valence-corrected chi connectivity index (χ4v) is 3.13. The van der Waals surface area contributed by atoms with Gasteiger partial charge in [-0.15, -0.1) is 0 Å². The first-order chi connectivity index (χ1) is 10.3. The van der Waals surface area contributed by atoms with E-state index in [0.29, 0.717) is 6.61 Å². The molecule has 0 spiro atoms. The Morgan fingerprint density at radius 1 is 1.24 bits per heavy atom. The van der Waals surface area contributed by atoms with E-state index < -0.39 is 0 Å². The van der Waals surface area contributed by atoms with Crippen LogP contribution in [0.3, 0.4) is 0 Å². The van der Waals surface area contributed by atoms with Gasteiger partial charge >= 0.3 is 0 Å². The van der Waals surface area contributed by atoms with Gasteiger partial charge in [-0.3, -0.25) is 0 Å². The fraction of sp³-hybridized carbons (Fsp3) is 0.667. The van der Waals surface area contributed by atoms with Crippen LogP contribution in [-0.4, -0.2) is 24.9 Å². The fourth-order valence-electron chi connectivity index (χ4n) is 3.13. The first kappa shape index (κ1) is 16.3. The van der Waals surface area contributed by atoms with E-state index in [1.54, 1.807) is 0 Å². The monoisotopic (exact) mass is 291 g/mol. The minimum absolute atomic E-state index is 0.106. The minimum Gasteiger partial charge on any atom is -0.494 e. The summed E-state index contributed by atoms with van der Waals surface area (Å²) in [4.78, 5) is 0. The number of nitrogens with one attached hydrogen (secondary N) is 1. The SMILES string of the molecule is CCCOc1cccc(CNCC2(CO)CCCCC2)c1. The number of aliphatic hydroxyl groups excluding tert-OH is 1. The number of hydrogen-bond donors (Lipinski definition) is 2. The number of benzene rings is 1. The van der Waals surface area contributed by atoms with Gasteiger partial charge < -0.3 is 15.2 Å². The number of rotatable bonds is 8. The summed E-state index contributed by atoms with van der Waals surface area (Å²) in [6.45, 7) is 4.93. The van der Waals surface area contributed by atoms with E-state index in [0.717, 1.165) is 44.7 Å². The zero-order valence-corrected chi connectivity index (χ0v) is 13.2. The highest BCUT2D eigenvalue weighted by atomic mass is 16.5. The van der Waals surface area contributed by atoms with Gasteiger partial charge in [-0.2, -0.15) is 0 Å². The molecule has 1 aliphatic rings. The van der Waals surface area contributed by atoms with E-state index in [1.165, 1.54) is 24.8 Å². The van der Waals surface area contributed by atoms with Gasteiger partial charge in [0.15, 0.2) is 0 Å². The van der Waals surface area contributed by atoms with Crippen molar-refractivity contribution in [1.82, 2.24) is 5.32 Å². The van der Waals surface area contributed by atoms with Gasteiger partial charge in [0.1, 0.15) is 5.75 Å². The van der Waals surface area contributed by atoms with Gasteiger partial charge in [-0.1, -0.05) is 38.3 Å². The molecule has 2 rings (SSSR count). The Kier molecular flexibility index (Phi) is 6.52. The Labute approximate surface area is 128 Å². The summed E-state index contributed by atoms with van der Waals surface area (Å²) in [5.74, 6) is 0.950. The molecule has 0 atom stereocenters. The molecule has 0 saturated heterocycles. The van der Waals surface area contributed by atoms with E-state index >= 15 is 0 Å². The average molecular weight is 291 g/mol. The van der Waals surface area contributed by atoms with Crippen molar-refractivity contribution in [1.29, 1.82) is 0 Å². The first-order valence-electron chi connectivity index (χ1n) is 8.31. The van der Waals surface area contributed by atoms with Crippen molar-refractivity contribution in [3.63, 3.8) is 0 Å². The van der Waals surface area contributed by atoms with Crippen LogP contribution in [0.4, 0.5) is 0 Å². The van der Waals surface area contributed by atoms with Crippen LogP contribution in [0.1, 0.15) is 51.0 Å². The van der Waals surface area contributed by atoms with Crippen LogP contribution in [0.2, 0.25) is 0 Å². The van der Waals surface area contributed by atoms with Crippen molar-refractivity contribution >= 4 is 0 Å². The van der Waals surface area contributed by atoms with Gasteiger partial charge in [0.2, 0.25) is 0 Å². The minimum atomic E-state index is 0.106. The summed E-state index contributed by atoms with van der Waals surface area (Å²) in [5, 5.41) is 13.3. The Bertz CT molecular complexity index is 413. The second kappa shape index (κ2) is 8.40. The Balaban J connectivity index is 1.82. The smallest absolute Gasteiger partial charge is 0.119 e. The molecule has 3 nitrogen and oxygen atoms in total. The summed E-state index contributed by atoms with van der Waals surface area (Å²) >= 11 is 0. The van der Waals surface area contributed by atoms with Crippen LogP contribution in [0.5, 0.6) is 5.75 Å². The van der Waals surface area contributed by atoms with E-state index in [9.17, 15) is 5.11 Å². The molecule has 0 aliphatic heterocycles. The van der Waals surface area contributed by atoms with Crippen LogP contribution < -0.4 is 10.1 Å². The molecule has 21 heavy (non-hydrogen) atoms. The molecule has 1 aliphatic carbocycles. The van der Waals surface area contributed by atoms with E-state index in [2.05, 4.69) is 24.4 Å². The molecule has 0 amide bonds. The zero-order valence-electron chi connectivity index (χ0n) is 13.2. The lowest BCUT2D eigenvalue weighted by molar-refractivity contribution is 0.0810. The molecule has 1 aromatic carbocycles. The number of hydrogen-bond acceptors (Lipinski definition) is 3. The molecule has 1 aromatic rings. The van der Waals surface area contributed by atoms with Crippen LogP contribution in [0.15, 0.2) is 24.3 Å². The molecule has 0 unspecified atom stereocenters. The van der Waals surface area contributed by atoms with Gasteiger partial charge in [0.05, 0.1) is 6.61 Å². The lowest BCUT2D eigenvalue weighted by Gasteiger charge is -2.35. The molecule has 0 heterocycles. The summed E-state index contributed by atoms with van der Waals surface area (Å²) in [7, 11) is 0. The van der Waals surface area contributed by atoms with E-state index in [1.807, 2.05) is 12.1 Å². The highest BCUT2D eigenvalue weighted by Gasteiger charge is 2.30. The lowest BCUT2D eigenvalue weighted by Crippen LogP contribution is -2.38. The summed E-state index contributed by atoms with van der Waals surface area (Å²) in [5.41, 5.74) is 1.35. The summed E-state index contributed by atoms with van der Waals surface area (Å²) < 4.78 is 5.67. The maximum absolute atomic E-state index is 9.72. The van der Waals surface area contributed by atoms with Crippen molar-refractivity contribution in [2.45, 2.75) is 52.0 Å². The third-order valence-electron chi connectivity index (χ3n) is 4.45. The first-order valence-corrected chi connectivity index (χ1v) is 8.31. The molecule has 118 valence electrons. The quantitative estimate of drug-likeness (QED) is 0.770. The molecule has 0 aromatic heterocycles.